The van der Waals surface area contributed by atoms with E-state index in [4.69, 9.17) is 16.3 Å². The van der Waals surface area contributed by atoms with Gasteiger partial charge in [-0.25, -0.2) is 4.39 Å². The lowest BCUT2D eigenvalue weighted by atomic mass is 10.1. The summed E-state index contributed by atoms with van der Waals surface area (Å²) in [4.78, 5) is 0. The van der Waals surface area contributed by atoms with Crippen LogP contribution in [0.2, 0.25) is 0 Å². The number of rotatable bonds is 2. The third-order valence-corrected chi connectivity index (χ3v) is 3.46. The molecule has 0 saturated carbocycles. The summed E-state index contributed by atoms with van der Waals surface area (Å²) in [5.41, 5.74) is 7.73. The number of nitrogen functional groups attached to an aromatic ring is 1. The number of nitrogens with two attached hydrogens (primary N) is 1. The van der Waals surface area contributed by atoms with Gasteiger partial charge in [0.25, 0.3) is 0 Å². The average Bonchev–Trinajstić information content (AvgIpc) is 2.44. The fourth-order valence-corrected chi connectivity index (χ4v) is 2.13. The van der Waals surface area contributed by atoms with Gasteiger partial charge in [-0.1, -0.05) is 0 Å². The van der Waals surface area contributed by atoms with Crippen LogP contribution in [-0.2, 0) is 0 Å². The Kier molecular flexibility index (Phi) is 4.06. The topological polar surface area (TPSA) is 85.6 Å². The molecular weight excluding hydrogens is 370 g/mol. The van der Waals surface area contributed by atoms with Crippen LogP contribution in [-0.4, -0.2) is 0 Å². The number of benzene rings is 2. The van der Waals surface area contributed by atoms with E-state index in [0.29, 0.717) is 26.2 Å². The summed E-state index contributed by atoms with van der Waals surface area (Å²) in [5, 5.41) is 20.7. The van der Waals surface area contributed by atoms with E-state index in [1.165, 1.54) is 24.3 Å². The Morgan fingerprint density at radius 3 is 2.45 bits per heavy atom. The van der Waals surface area contributed by atoms with Crippen LogP contribution in [0.4, 0.5) is 21.5 Å². The molecule has 0 fully saturated rings. The van der Waals surface area contributed by atoms with Crippen LogP contribution < -0.4 is 11.1 Å². The second kappa shape index (κ2) is 5.76. The number of halogens is 2. The molecule has 0 aromatic heterocycles. The predicted octanol–water partition coefficient (Wildman–Crippen LogP) is 3.50. The van der Waals surface area contributed by atoms with E-state index in [0.717, 1.165) is 0 Å². The van der Waals surface area contributed by atoms with E-state index in [9.17, 15) is 4.39 Å². The van der Waals surface area contributed by atoms with Crippen molar-refractivity contribution in [1.29, 1.82) is 10.5 Å². The second-order valence-corrected chi connectivity index (χ2v) is 5.12. The van der Waals surface area contributed by atoms with E-state index in [2.05, 4.69) is 5.32 Å². The number of nitrogens with zero attached hydrogens (tertiary/aromatic N) is 2. The van der Waals surface area contributed by atoms with Crippen molar-refractivity contribution >= 4 is 39.7 Å². The lowest BCUT2D eigenvalue weighted by molar-refractivity contribution is 0.621. The van der Waals surface area contributed by atoms with Gasteiger partial charge in [-0.3, -0.25) is 0 Å². The van der Waals surface area contributed by atoms with Crippen molar-refractivity contribution in [2.45, 2.75) is 0 Å². The third-order valence-electron chi connectivity index (χ3n) is 2.63. The highest BCUT2D eigenvalue weighted by molar-refractivity contribution is 14.1. The standard InChI is InChI=1S/C14H8FIN4/c15-11-4-14(13(19)5-12(11)16)20-10-2-1-8(6-17)9(3-10)7-18/h1-5,20H,19H2. The normalized spacial score (nSPS) is 9.60. The Bertz CT molecular complexity index is 759. The van der Waals surface area contributed by atoms with Gasteiger partial charge in [0.2, 0.25) is 0 Å². The van der Waals surface area contributed by atoms with Gasteiger partial charge in [0.15, 0.2) is 0 Å². The molecule has 0 heterocycles. The first kappa shape index (κ1) is 14.1. The molecular formula is C14H8FIN4. The summed E-state index contributed by atoms with van der Waals surface area (Å²) < 4.78 is 14.0. The Morgan fingerprint density at radius 1 is 1.10 bits per heavy atom. The van der Waals surface area contributed by atoms with Crippen LogP contribution in [0.25, 0.3) is 0 Å². The highest BCUT2D eigenvalue weighted by Crippen LogP contribution is 2.27. The summed E-state index contributed by atoms with van der Waals surface area (Å²) >= 11 is 1.86. The molecule has 0 radical (unpaired) electrons. The van der Waals surface area contributed by atoms with E-state index in [1.54, 1.807) is 6.07 Å². The van der Waals surface area contributed by atoms with Gasteiger partial charge >= 0.3 is 0 Å². The summed E-state index contributed by atoms with van der Waals surface area (Å²) in [6, 6.07) is 11.4. The Balaban J connectivity index is 2.39. The van der Waals surface area contributed by atoms with E-state index in [-0.39, 0.29) is 11.4 Å². The van der Waals surface area contributed by atoms with Crippen molar-refractivity contribution < 1.29 is 4.39 Å². The van der Waals surface area contributed by atoms with Crippen molar-refractivity contribution in [1.82, 2.24) is 0 Å². The first-order chi connectivity index (χ1) is 9.55. The van der Waals surface area contributed by atoms with E-state index >= 15 is 0 Å². The SMILES string of the molecule is N#Cc1ccc(Nc2cc(F)c(I)cc2N)cc1C#N. The van der Waals surface area contributed by atoms with Crippen molar-refractivity contribution in [2.75, 3.05) is 11.1 Å². The van der Waals surface area contributed by atoms with Crippen LogP contribution in [0.5, 0.6) is 0 Å². The van der Waals surface area contributed by atoms with E-state index < -0.39 is 0 Å². The molecule has 2 aromatic carbocycles. The molecule has 0 bridgehead atoms. The first-order valence-electron chi connectivity index (χ1n) is 5.51. The van der Waals surface area contributed by atoms with Crippen LogP contribution in [0.3, 0.4) is 0 Å². The fourth-order valence-electron chi connectivity index (χ4n) is 1.64. The van der Waals surface area contributed by atoms with Gasteiger partial charge in [-0.2, -0.15) is 10.5 Å². The number of nitrogens with one attached hydrogen (secondary N) is 1. The van der Waals surface area contributed by atoms with Crippen LogP contribution in [0.1, 0.15) is 11.1 Å². The molecule has 0 aliphatic heterocycles. The molecule has 0 atom stereocenters. The minimum absolute atomic E-state index is 0.252. The molecule has 2 aromatic rings. The monoisotopic (exact) mass is 378 g/mol. The largest absolute Gasteiger partial charge is 0.397 e. The smallest absolute Gasteiger partial charge is 0.138 e. The second-order valence-electron chi connectivity index (χ2n) is 3.96. The zero-order valence-electron chi connectivity index (χ0n) is 10.1. The Morgan fingerprint density at radius 2 is 1.80 bits per heavy atom. The molecule has 0 amide bonds. The maximum Gasteiger partial charge on any atom is 0.138 e. The predicted molar refractivity (Wildman–Crippen MR) is 82.7 cm³/mol. The molecule has 0 saturated heterocycles. The highest BCUT2D eigenvalue weighted by atomic mass is 127. The van der Waals surface area contributed by atoms with Crippen molar-refractivity contribution in [3.05, 3.63) is 50.8 Å². The van der Waals surface area contributed by atoms with Crippen molar-refractivity contribution in [3.63, 3.8) is 0 Å². The van der Waals surface area contributed by atoms with Crippen LogP contribution in [0, 0.1) is 32.0 Å². The van der Waals surface area contributed by atoms with E-state index in [1.807, 2.05) is 34.7 Å². The molecule has 0 aliphatic rings. The van der Waals surface area contributed by atoms with Crippen LogP contribution >= 0.6 is 22.6 Å². The van der Waals surface area contributed by atoms with Gasteiger partial charge in [0, 0.05) is 11.8 Å². The zero-order chi connectivity index (χ0) is 14.7. The van der Waals surface area contributed by atoms with Gasteiger partial charge in [0.1, 0.15) is 18.0 Å². The molecule has 98 valence electrons. The molecule has 0 spiro atoms. The van der Waals surface area contributed by atoms with Gasteiger partial charge in [0.05, 0.1) is 26.1 Å². The third kappa shape index (κ3) is 2.81. The molecule has 20 heavy (non-hydrogen) atoms. The Labute approximate surface area is 128 Å². The fraction of sp³-hybridized carbons (Fsp3) is 0. The van der Waals surface area contributed by atoms with Crippen molar-refractivity contribution in [3.8, 4) is 12.1 Å². The molecule has 3 N–H and O–H groups in total. The van der Waals surface area contributed by atoms with Gasteiger partial charge < -0.3 is 11.1 Å². The lowest BCUT2D eigenvalue weighted by Crippen LogP contribution is -1.99. The number of hydrogen-bond acceptors (Lipinski definition) is 4. The lowest BCUT2D eigenvalue weighted by Gasteiger charge is -2.11. The van der Waals surface area contributed by atoms with Gasteiger partial charge in [-0.05, 0) is 46.9 Å². The first-order valence-corrected chi connectivity index (χ1v) is 6.59. The molecule has 2 rings (SSSR count). The summed E-state index contributed by atoms with van der Waals surface area (Å²) in [6.07, 6.45) is 0. The summed E-state index contributed by atoms with van der Waals surface area (Å²) in [5.74, 6) is -0.378. The average molecular weight is 378 g/mol. The minimum atomic E-state index is -0.378. The zero-order valence-corrected chi connectivity index (χ0v) is 12.3. The summed E-state index contributed by atoms with van der Waals surface area (Å²) in [6.45, 7) is 0. The molecule has 4 nitrogen and oxygen atoms in total. The summed E-state index contributed by atoms with van der Waals surface area (Å²) in [7, 11) is 0. The number of hydrogen-bond donors (Lipinski definition) is 2. The highest BCUT2D eigenvalue weighted by Gasteiger charge is 2.08. The molecule has 0 unspecified atom stereocenters. The minimum Gasteiger partial charge on any atom is -0.397 e. The van der Waals surface area contributed by atoms with Gasteiger partial charge in [-0.15, -0.1) is 0 Å². The number of nitriles is 2. The Hall–Kier alpha value is -2.32. The van der Waals surface area contributed by atoms with Crippen LogP contribution in [0.15, 0.2) is 30.3 Å². The van der Waals surface area contributed by atoms with Crippen molar-refractivity contribution in [2.24, 2.45) is 0 Å². The maximum absolute atomic E-state index is 13.5. The molecule has 0 aliphatic carbocycles. The number of anilines is 3. The maximum atomic E-state index is 13.5. The quantitative estimate of drug-likeness (QED) is 0.619. The molecule has 6 heteroatoms.